The Bertz CT molecular complexity index is 590. The molecule has 1 aromatic heterocycles. The van der Waals surface area contributed by atoms with Crippen LogP contribution in [0.3, 0.4) is 0 Å². The normalized spacial score (nSPS) is 20.1. The number of nitrogens with zero attached hydrogens (tertiary/aromatic N) is 1. The molecule has 0 aliphatic heterocycles. The third-order valence-corrected chi connectivity index (χ3v) is 4.55. The standard InChI is InChI=1S/C16H18BrNO/c1-11(12-4-2-5-13(17)10-12)18-9-8-14-15(18)6-3-7-16(14)19/h2,4-5,8-11,16,19H,3,6-7H2,1H3. The van der Waals surface area contributed by atoms with Crippen LogP contribution in [0.15, 0.2) is 41.0 Å². The average molecular weight is 320 g/mol. The van der Waals surface area contributed by atoms with Gasteiger partial charge in [-0.3, -0.25) is 0 Å². The molecule has 100 valence electrons. The molecule has 3 heteroatoms. The number of fused-ring (bicyclic) bond motifs is 1. The van der Waals surface area contributed by atoms with Crippen LogP contribution in [-0.4, -0.2) is 9.67 Å². The number of halogens is 1. The predicted octanol–water partition coefficient (Wildman–Crippen LogP) is 4.23. The van der Waals surface area contributed by atoms with Gasteiger partial charge in [0.15, 0.2) is 0 Å². The number of hydrogen-bond donors (Lipinski definition) is 1. The molecule has 0 saturated carbocycles. The molecule has 0 bridgehead atoms. The number of benzene rings is 1. The van der Waals surface area contributed by atoms with Crippen molar-refractivity contribution in [3.8, 4) is 0 Å². The maximum atomic E-state index is 10.1. The first kappa shape index (κ1) is 12.9. The molecule has 2 unspecified atom stereocenters. The highest BCUT2D eigenvalue weighted by Crippen LogP contribution is 2.33. The SMILES string of the molecule is CC(c1cccc(Br)c1)n1ccc2c1CCCC2O. The van der Waals surface area contributed by atoms with Gasteiger partial charge >= 0.3 is 0 Å². The lowest BCUT2D eigenvalue weighted by atomic mass is 9.95. The summed E-state index contributed by atoms with van der Waals surface area (Å²) in [5.74, 6) is 0. The van der Waals surface area contributed by atoms with Gasteiger partial charge in [0.2, 0.25) is 0 Å². The Morgan fingerprint density at radius 2 is 2.21 bits per heavy atom. The molecule has 0 saturated heterocycles. The molecular formula is C16H18BrNO. The Morgan fingerprint density at radius 3 is 3.00 bits per heavy atom. The summed E-state index contributed by atoms with van der Waals surface area (Å²) in [5.41, 5.74) is 3.70. The van der Waals surface area contributed by atoms with E-state index in [4.69, 9.17) is 0 Å². The van der Waals surface area contributed by atoms with Gasteiger partial charge in [0.05, 0.1) is 12.1 Å². The van der Waals surface area contributed by atoms with Crippen LogP contribution in [0.5, 0.6) is 0 Å². The van der Waals surface area contributed by atoms with E-state index >= 15 is 0 Å². The van der Waals surface area contributed by atoms with Gasteiger partial charge in [0.25, 0.3) is 0 Å². The Labute approximate surface area is 122 Å². The lowest BCUT2D eigenvalue weighted by molar-refractivity contribution is 0.155. The van der Waals surface area contributed by atoms with Gasteiger partial charge in [-0.1, -0.05) is 28.1 Å². The quantitative estimate of drug-likeness (QED) is 0.880. The van der Waals surface area contributed by atoms with E-state index in [2.05, 4.69) is 57.9 Å². The largest absolute Gasteiger partial charge is 0.388 e. The minimum absolute atomic E-state index is 0.278. The summed E-state index contributed by atoms with van der Waals surface area (Å²) in [7, 11) is 0. The van der Waals surface area contributed by atoms with Crippen molar-refractivity contribution >= 4 is 15.9 Å². The lowest BCUT2D eigenvalue weighted by Gasteiger charge is -2.23. The first-order valence-electron chi connectivity index (χ1n) is 6.80. The van der Waals surface area contributed by atoms with E-state index in [0.29, 0.717) is 6.04 Å². The first-order chi connectivity index (χ1) is 9.16. The molecule has 19 heavy (non-hydrogen) atoms. The van der Waals surface area contributed by atoms with Crippen molar-refractivity contribution in [2.75, 3.05) is 0 Å². The second kappa shape index (κ2) is 5.14. The molecule has 3 rings (SSSR count). The molecule has 1 N–H and O–H groups in total. The lowest BCUT2D eigenvalue weighted by Crippen LogP contribution is -2.15. The third-order valence-electron chi connectivity index (χ3n) is 4.06. The van der Waals surface area contributed by atoms with E-state index in [9.17, 15) is 5.11 Å². The zero-order valence-corrected chi connectivity index (χ0v) is 12.6. The van der Waals surface area contributed by atoms with Crippen molar-refractivity contribution in [3.05, 3.63) is 57.8 Å². The number of aliphatic hydroxyl groups is 1. The zero-order chi connectivity index (χ0) is 13.4. The molecule has 1 aromatic carbocycles. The number of rotatable bonds is 2. The van der Waals surface area contributed by atoms with E-state index in [1.165, 1.54) is 11.3 Å². The van der Waals surface area contributed by atoms with Crippen molar-refractivity contribution in [2.45, 2.75) is 38.3 Å². The van der Waals surface area contributed by atoms with E-state index in [-0.39, 0.29) is 6.10 Å². The van der Waals surface area contributed by atoms with Gasteiger partial charge in [-0.25, -0.2) is 0 Å². The minimum Gasteiger partial charge on any atom is -0.388 e. The number of aliphatic hydroxyl groups excluding tert-OH is 1. The Hall–Kier alpha value is -1.06. The van der Waals surface area contributed by atoms with Gasteiger partial charge in [0.1, 0.15) is 0 Å². The fourth-order valence-electron chi connectivity index (χ4n) is 2.98. The second-order valence-electron chi connectivity index (χ2n) is 5.26. The van der Waals surface area contributed by atoms with Crippen LogP contribution in [0.25, 0.3) is 0 Å². The molecule has 2 aromatic rings. The van der Waals surface area contributed by atoms with Crippen molar-refractivity contribution in [1.82, 2.24) is 4.57 Å². The molecule has 1 aliphatic rings. The van der Waals surface area contributed by atoms with Crippen molar-refractivity contribution in [1.29, 1.82) is 0 Å². The molecule has 1 heterocycles. The highest BCUT2D eigenvalue weighted by molar-refractivity contribution is 9.10. The van der Waals surface area contributed by atoms with E-state index in [1.54, 1.807) is 0 Å². The van der Waals surface area contributed by atoms with Gasteiger partial charge in [-0.15, -0.1) is 0 Å². The average Bonchev–Trinajstić information content (AvgIpc) is 2.83. The zero-order valence-electron chi connectivity index (χ0n) is 11.0. The number of hydrogen-bond acceptors (Lipinski definition) is 1. The summed E-state index contributed by atoms with van der Waals surface area (Å²) in [6, 6.07) is 10.8. The maximum absolute atomic E-state index is 10.1. The fourth-order valence-corrected chi connectivity index (χ4v) is 3.40. The van der Waals surface area contributed by atoms with Crippen molar-refractivity contribution in [3.63, 3.8) is 0 Å². The second-order valence-corrected chi connectivity index (χ2v) is 6.18. The molecule has 1 aliphatic carbocycles. The van der Waals surface area contributed by atoms with Gasteiger partial charge in [-0.2, -0.15) is 0 Å². The Balaban J connectivity index is 1.99. The van der Waals surface area contributed by atoms with Crippen LogP contribution in [0.1, 0.15) is 48.7 Å². The van der Waals surface area contributed by atoms with Crippen molar-refractivity contribution < 1.29 is 5.11 Å². The van der Waals surface area contributed by atoms with Gasteiger partial charge < -0.3 is 9.67 Å². The van der Waals surface area contributed by atoms with Crippen LogP contribution >= 0.6 is 15.9 Å². The molecule has 2 atom stereocenters. The highest BCUT2D eigenvalue weighted by Gasteiger charge is 2.23. The van der Waals surface area contributed by atoms with Crippen LogP contribution in [0.4, 0.5) is 0 Å². The molecular weight excluding hydrogens is 302 g/mol. The molecule has 0 amide bonds. The minimum atomic E-state index is -0.278. The summed E-state index contributed by atoms with van der Waals surface area (Å²) >= 11 is 3.53. The molecule has 2 nitrogen and oxygen atoms in total. The number of aromatic nitrogens is 1. The van der Waals surface area contributed by atoms with E-state index in [0.717, 1.165) is 29.3 Å². The smallest absolute Gasteiger partial charge is 0.0807 e. The summed E-state index contributed by atoms with van der Waals surface area (Å²) in [5, 5.41) is 10.1. The van der Waals surface area contributed by atoms with Gasteiger partial charge in [-0.05, 0) is 49.9 Å². The Morgan fingerprint density at radius 1 is 1.37 bits per heavy atom. The third kappa shape index (κ3) is 2.37. The van der Waals surface area contributed by atoms with Gasteiger partial charge in [0, 0.05) is 21.9 Å². The fraction of sp³-hybridized carbons (Fsp3) is 0.375. The summed E-state index contributed by atoms with van der Waals surface area (Å²) < 4.78 is 3.41. The highest BCUT2D eigenvalue weighted by atomic mass is 79.9. The monoisotopic (exact) mass is 319 g/mol. The van der Waals surface area contributed by atoms with E-state index in [1.807, 2.05) is 6.07 Å². The van der Waals surface area contributed by atoms with Crippen molar-refractivity contribution in [2.24, 2.45) is 0 Å². The molecule has 0 radical (unpaired) electrons. The van der Waals surface area contributed by atoms with Crippen LogP contribution < -0.4 is 0 Å². The maximum Gasteiger partial charge on any atom is 0.0807 e. The van der Waals surface area contributed by atoms with Crippen LogP contribution in [0.2, 0.25) is 0 Å². The van der Waals surface area contributed by atoms with E-state index < -0.39 is 0 Å². The topological polar surface area (TPSA) is 25.2 Å². The Kier molecular flexibility index (Phi) is 3.50. The molecule has 0 fully saturated rings. The summed E-state index contributed by atoms with van der Waals surface area (Å²) in [6.45, 7) is 2.21. The predicted molar refractivity (Wildman–Crippen MR) is 80.3 cm³/mol. The summed E-state index contributed by atoms with van der Waals surface area (Å²) in [6.07, 6.45) is 4.87. The first-order valence-corrected chi connectivity index (χ1v) is 7.59. The molecule has 0 spiro atoms. The van der Waals surface area contributed by atoms with Crippen LogP contribution in [0, 0.1) is 0 Å². The van der Waals surface area contributed by atoms with Crippen LogP contribution in [-0.2, 0) is 6.42 Å². The summed E-state index contributed by atoms with van der Waals surface area (Å²) in [4.78, 5) is 0.